The molecule has 13 heteroatoms. The number of nitro groups is 1. The summed E-state index contributed by atoms with van der Waals surface area (Å²) in [6, 6.07) is 28.7. The summed E-state index contributed by atoms with van der Waals surface area (Å²) >= 11 is 8.89. The molecule has 1 aromatic heterocycles. The van der Waals surface area contributed by atoms with E-state index in [9.17, 15) is 24.5 Å². The molecule has 0 saturated carbocycles. The number of halogens is 1. The van der Waals surface area contributed by atoms with Crippen LogP contribution in [0.4, 0.5) is 16.5 Å². The molecule has 0 aliphatic rings. The molecule has 1 heterocycles. The van der Waals surface area contributed by atoms with Gasteiger partial charge >= 0.3 is 0 Å². The van der Waals surface area contributed by atoms with Gasteiger partial charge in [0.1, 0.15) is 5.70 Å². The number of thioether (sulfide) groups is 1. The smallest absolute Gasteiger partial charge is 0.272 e. The maximum Gasteiger partial charge on any atom is 0.272 e. The lowest BCUT2D eigenvalue weighted by Gasteiger charge is -2.15. The second-order valence-corrected chi connectivity index (χ2v) is 12.8. The highest BCUT2D eigenvalue weighted by atomic mass is 35.5. The van der Waals surface area contributed by atoms with Crippen molar-refractivity contribution < 1.29 is 19.3 Å². The van der Waals surface area contributed by atoms with Crippen molar-refractivity contribution >= 4 is 75.0 Å². The zero-order valence-corrected chi connectivity index (χ0v) is 27.8. The molecule has 4 aromatic carbocycles. The van der Waals surface area contributed by atoms with Crippen molar-refractivity contribution in [2.75, 3.05) is 10.6 Å². The third kappa shape index (κ3) is 8.94. The average Bonchev–Trinajstić information content (AvgIpc) is 3.56. The first-order chi connectivity index (χ1) is 23.2. The second kappa shape index (κ2) is 16.0. The van der Waals surface area contributed by atoms with Crippen molar-refractivity contribution in [3.8, 4) is 11.3 Å². The summed E-state index contributed by atoms with van der Waals surface area (Å²) in [6.45, 7) is 1.89. The summed E-state index contributed by atoms with van der Waals surface area (Å²) in [5.74, 6) is -1.28. The van der Waals surface area contributed by atoms with E-state index in [-0.39, 0.29) is 17.3 Å². The van der Waals surface area contributed by atoms with Gasteiger partial charge in [0.25, 0.3) is 17.5 Å². The first kappa shape index (κ1) is 34.0. The van der Waals surface area contributed by atoms with Crippen LogP contribution >= 0.6 is 34.7 Å². The number of thiazole rings is 1. The Hall–Kier alpha value is -5.30. The number of nitrogens with zero attached hydrogens (tertiary/aromatic N) is 2. The van der Waals surface area contributed by atoms with Crippen LogP contribution in [0.25, 0.3) is 17.3 Å². The molecule has 48 heavy (non-hydrogen) atoms. The Bertz CT molecular complexity index is 2000. The third-order valence-corrected chi connectivity index (χ3v) is 9.31. The summed E-state index contributed by atoms with van der Waals surface area (Å²) in [4.78, 5) is 55.6. The number of benzene rings is 4. The van der Waals surface area contributed by atoms with E-state index in [0.29, 0.717) is 44.6 Å². The number of carbonyl (C=O) groups is 3. The molecule has 242 valence electrons. The van der Waals surface area contributed by atoms with Crippen molar-refractivity contribution in [1.29, 1.82) is 0 Å². The molecule has 3 amide bonds. The molecule has 0 spiro atoms. The van der Waals surface area contributed by atoms with Gasteiger partial charge in [-0.25, -0.2) is 4.98 Å². The van der Waals surface area contributed by atoms with Gasteiger partial charge in [0, 0.05) is 44.2 Å². The summed E-state index contributed by atoms with van der Waals surface area (Å²) in [5.41, 5.74) is 2.44. The number of nitrogens with one attached hydrogen (secondary N) is 3. The summed E-state index contributed by atoms with van der Waals surface area (Å²) < 4.78 is 0. The monoisotopic (exact) mass is 697 g/mol. The lowest BCUT2D eigenvalue weighted by Crippen LogP contribution is -2.30. The minimum Gasteiger partial charge on any atom is -0.321 e. The summed E-state index contributed by atoms with van der Waals surface area (Å²) in [5, 5.41) is 21.6. The van der Waals surface area contributed by atoms with Gasteiger partial charge in [0.15, 0.2) is 5.13 Å². The van der Waals surface area contributed by atoms with Crippen LogP contribution < -0.4 is 16.0 Å². The first-order valence-electron chi connectivity index (χ1n) is 14.6. The number of aromatic nitrogens is 1. The van der Waals surface area contributed by atoms with E-state index in [1.807, 2.05) is 13.0 Å². The van der Waals surface area contributed by atoms with Crippen LogP contribution in [0.1, 0.15) is 29.3 Å². The molecule has 0 saturated heterocycles. The molecule has 0 aliphatic carbocycles. The Morgan fingerprint density at radius 1 is 0.958 bits per heavy atom. The fourth-order valence-corrected chi connectivity index (χ4v) is 6.38. The molecule has 5 aromatic rings. The zero-order chi connectivity index (χ0) is 34.0. The van der Waals surface area contributed by atoms with E-state index in [1.165, 1.54) is 41.3 Å². The fourth-order valence-electron chi connectivity index (χ4n) is 4.45. The zero-order valence-electron chi connectivity index (χ0n) is 25.4. The van der Waals surface area contributed by atoms with Gasteiger partial charge in [0.2, 0.25) is 5.91 Å². The summed E-state index contributed by atoms with van der Waals surface area (Å²) in [7, 11) is 0. The van der Waals surface area contributed by atoms with Crippen LogP contribution in [0, 0.1) is 10.1 Å². The predicted molar refractivity (Wildman–Crippen MR) is 191 cm³/mol. The fraction of sp³-hybridized carbons (Fsp3) is 0.0857. The highest BCUT2D eigenvalue weighted by Gasteiger charge is 2.21. The summed E-state index contributed by atoms with van der Waals surface area (Å²) in [6.07, 6.45) is 2.02. The number of hydrogen-bond donors (Lipinski definition) is 3. The van der Waals surface area contributed by atoms with Gasteiger partial charge in [-0.3, -0.25) is 24.5 Å². The number of non-ortho nitro benzene ring substituents is 1. The van der Waals surface area contributed by atoms with E-state index >= 15 is 0 Å². The molecule has 0 bridgehead atoms. The molecule has 0 fully saturated rings. The Kier molecular flexibility index (Phi) is 11.4. The van der Waals surface area contributed by atoms with E-state index in [4.69, 9.17) is 11.6 Å². The van der Waals surface area contributed by atoms with Gasteiger partial charge in [-0.2, -0.15) is 0 Å². The minimum atomic E-state index is -0.561. The van der Waals surface area contributed by atoms with E-state index in [2.05, 4.69) is 20.9 Å². The normalized spacial score (nSPS) is 11.8. The number of nitro benzene ring substituents is 1. The number of amides is 3. The minimum absolute atomic E-state index is 0.00579. The maximum atomic E-state index is 13.5. The molecule has 0 radical (unpaired) electrons. The van der Waals surface area contributed by atoms with Crippen LogP contribution in [-0.4, -0.2) is 32.9 Å². The van der Waals surface area contributed by atoms with Gasteiger partial charge < -0.3 is 16.0 Å². The molecular formula is C35H28ClN5O5S2. The molecule has 3 N–H and O–H groups in total. The topological polar surface area (TPSA) is 143 Å². The van der Waals surface area contributed by atoms with E-state index in [1.54, 1.807) is 90.3 Å². The largest absolute Gasteiger partial charge is 0.321 e. The van der Waals surface area contributed by atoms with Crippen molar-refractivity contribution in [2.45, 2.75) is 23.5 Å². The molecule has 5 rings (SSSR count). The van der Waals surface area contributed by atoms with Crippen LogP contribution in [0.2, 0.25) is 5.02 Å². The number of carbonyl (C=O) groups excluding carboxylic acids is 3. The van der Waals surface area contributed by atoms with E-state index in [0.717, 1.165) is 4.90 Å². The van der Waals surface area contributed by atoms with Gasteiger partial charge in [-0.1, -0.05) is 73.1 Å². The highest BCUT2D eigenvalue weighted by molar-refractivity contribution is 8.00. The Morgan fingerprint density at radius 2 is 1.71 bits per heavy atom. The molecule has 1 atom stereocenters. The van der Waals surface area contributed by atoms with Gasteiger partial charge in [-0.05, 0) is 54.5 Å². The average molecular weight is 698 g/mol. The van der Waals surface area contributed by atoms with Crippen LogP contribution in [0.3, 0.4) is 0 Å². The van der Waals surface area contributed by atoms with E-state index < -0.39 is 22.0 Å². The Labute approximate surface area is 289 Å². The molecular weight excluding hydrogens is 670 g/mol. The number of anilines is 2. The van der Waals surface area contributed by atoms with Crippen LogP contribution in [0.15, 0.2) is 119 Å². The van der Waals surface area contributed by atoms with Crippen molar-refractivity contribution in [2.24, 2.45) is 0 Å². The number of hydrogen-bond acceptors (Lipinski definition) is 8. The third-order valence-electron chi connectivity index (χ3n) is 6.85. The van der Waals surface area contributed by atoms with Crippen molar-refractivity contribution in [1.82, 2.24) is 10.3 Å². The molecule has 10 nitrogen and oxygen atoms in total. The lowest BCUT2D eigenvalue weighted by molar-refractivity contribution is -0.384. The van der Waals surface area contributed by atoms with Crippen LogP contribution in [-0.2, 0) is 9.59 Å². The molecule has 0 aliphatic heterocycles. The lowest BCUT2D eigenvalue weighted by atomic mass is 10.1. The Balaban J connectivity index is 1.27. The molecule has 1 unspecified atom stereocenters. The first-order valence-corrected chi connectivity index (χ1v) is 16.8. The maximum absolute atomic E-state index is 13.5. The SMILES string of the molecule is CCC(Sc1cccc(NC(=O)/C(=C\c2ccccc2Cl)NC(=O)c2ccccc2)c1)C(=O)Nc1nc(-c2cccc([N+](=O)[O-])c2)cs1. The van der Waals surface area contributed by atoms with Gasteiger partial charge in [0.05, 0.1) is 15.9 Å². The van der Waals surface area contributed by atoms with Crippen molar-refractivity contribution in [3.05, 3.63) is 140 Å². The predicted octanol–water partition coefficient (Wildman–Crippen LogP) is 8.29. The second-order valence-electron chi connectivity index (χ2n) is 10.2. The van der Waals surface area contributed by atoms with Gasteiger partial charge in [-0.15, -0.1) is 23.1 Å². The van der Waals surface area contributed by atoms with Crippen molar-refractivity contribution in [3.63, 3.8) is 0 Å². The van der Waals surface area contributed by atoms with Crippen LogP contribution in [0.5, 0.6) is 0 Å². The standard InChI is InChI=1S/C35H28ClN5O5S2/c1-2-31(34(44)40-35-39-30(21-47-35)24-13-8-15-26(18-24)41(45)46)48-27-16-9-14-25(20-27)37-33(43)29(19-23-12-6-7-17-28(23)36)38-32(42)22-10-4-3-5-11-22/h3-21,31H,2H2,1H3,(H,37,43)(H,38,42)(H,39,40,44)/b29-19+. The Morgan fingerprint density at radius 3 is 2.46 bits per heavy atom. The quantitative estimate of drug-likeness (QED) is 0.0515. The highest BCUT2D eigenvalue weighted by Crippen LogP contribution is 2.31. The number of rotatable bonds is 12.